The lowest BCUT2D eigenvalue weighted by Gasteiger charge is -2.29. The van der Waals surface area contributed by atoms with Crippen LogP contribution in [0, 0.1) is 0 Å². The molecule has 1 aliphatic rings. The Kier molecular flexibility index (Phi) is 6.84. The van der Waals surface area contributed by atoms with Crippen molar-refractivity contribution in [2.24, 2.45) is 0 Å². The van der Waals surface area contributed by atoms with Crippen molar-refractivity contribution in [3.63, 3.8) is 0 Å². The van der Waals surface area contributed by atoms with Gasteiger partial charge in [-0.3, -0.25) is 0 Å². The molecule has 9 rings (SSSR count). The molecule has 48 heavy (non-hydrogen) atoms. The number of nitrogens with zero attached hydrogens (tertiary/aromatic N) is 1. The zero-order chi connectivity index (χ0) is 31.9. The van der Waals surface area contributed by atoms with Gasteiger partial charge < -0.3 is 9.64 Å². The summed E-state index contributed by atoms with van der Waals surface area (Å²) in [6.45, 7) is 0. The molecular weight excluding hydrogens is 583 g/mol. The largest absolute Gasteiger partial charge is 0.456 e. The van der Waals surface area contributed by atoms with Crippen LogP contribution in [0.4, 0.5) is 17.1 Å². The topological polar surface area (TPSA) is 12.5 Å². The van der Waals surface area contributed by atoms with E-state index in [0.29, 0.717) is 0 Å². The molecule has 0 atom stereocenters. The summed E-state index contributed by atoms with van der Waals surface area (Å²) in [5.74, 6) is 1.74. The molecule has 226 valence electrons. The lowest BCUT2D eigenvalue weighted by molar-refractivity contribution is 0.487. The number of hydrogen-bond donors (Lipinski definition) is 0. The zero-order valence-corrected chi connectivity index (χ0v) is 26.3. The van der Waals surface area contributed by atoms with Crippen LogP contribution in [-0.2, 0) is 0 Å². The second-order valence-electron chi connectivity index (χ2n) is 12.2. The quantitative estimate of drug-likeness (QED) is 0.185. The normalized spacial score (nSPS) is 11.5. The molecule has 0 saturated heterocycles. The number of hydrogen-bond acceptors (Lipinski definition) is 2. The van der Waals surface area contributed by atoms with Crippen LogP contribution in [0.3, 0.4) is 0 Å². The Morgan fingerprint density at radius 3 is 1.38 bits per heavy atom. The summed E-state index contributed by atoms with van der Waals surface area (Å²) < 4.78 is 6.73. The molecule has 0 aromatic heterocycles. The maximum atomic E-state index is 6.73. The summed E-state index contributed by atoms with van der Waals surface area (Å²) in [7, 11) is 0. The number of ether oxygens (including phenoxy) is 1. The highest BCUT2D eigenvalue weighted by atomic mass is 16.5. The third kappa shape index (κ3) is 4.92. The van der Waals surface area contributed by atoms with Crippen molar-refractivity contribution < 1.29 is 4.74 Å². The molecule has 8 aromatic rings. The summed E-state index contributed by atoms with van der Waals surface area (Å²) >= 11 is 0. The van der Waals surface area contributed by atoms with Gasteiger partial charge in [-0.2, -0.15) is 0 Å². The maximum Gasteiger partial charge on any atom is 0.138 e. The molecule has 0 aliphatic carbocycles. The third-order valence-corrected chi connectivity index (χ3v) is 9.27. The SMILES string of the molecule is c1ccc(-c2ccc(N(c3ccc(-c4ccccc4)cc3)c3cc4c5c(ccc(-c6ccccc6)c5c3)-c3ccccc3O4)cc2)cc1. The molecule has 8 aromatic carbocycles. The fourth-order valence-electron chi connectivity index (χ4n) is 6.95. The molecule has 2 nitrogen and oxygen atoms in total. The Balaban J connectivity index is 1.26. The van der Waals surface area contributed by atoms with Gasteiger partial charge in [0.25, 0.3) is 0 Å². The van der Waals surface area contributed by atoms with Gasteiger partial charge in [-0.25, -0.2) is 0 Å². The van der Waals surface area contributed by atoms with Gasteiger partial charge in [0.15, 0.2) is 0 Å². The minimum atomic E-state index is 0.862. The van der Waals surface area contributed by atoms with Crippen LogP contribution in [-0.4, -0.2) is 0 Å². The highest BCUT2D eigenvalue weighted by Crippen LogP contribution is 2.51. The van der Waals surface area contributed by atoms with Crippen molar-refractivity contribution in [2.45, 2.75) is 0 Å². The van der Waals surface area contributed by atoms with Crippen molar-refractivity contribution in [1.29, 1.82) is 0 Å². The van der Waals surface area contributed by atoms with E-state index in [0.717, 1.165) is 44.9 Å². The Morgan fingerprint density at radius 2 is 0.792 bits per heavy atom. The zero-order valence-electron chi connectivity index (χ0n) is 26.3. The van der Waals surface area contributed by atoms with E-state index >= 15 is 0 Å². The fraction of sp³-hybridized carbons (Fsp3) is 0. The number of benzene rings is 8. The van der Waals surface area contributed by atoms with E-state index < -0.39 is 0 Å². The number of rotatable bonds is 6. The standard InChI is InChI=1S/C46H31NO/c1-4-12-32(13-5-1)34-20-24-37(25-21-34)47(38-26-22-35(23-27-38)33-14-6-2-7-15-33)39-30-43-40(36-16-8-3-9-17-36)28-29-42-41-18-10-11-19-44(41)48-45(31-39)46(42)43/h1-31H. The van der Waals surface area contributed by atoms with E-state index in [-0.39, 0.29) is 0 Å². The Bertz CT molecular complexity index is 2300. The summed E-state index contributed by atoms with van der Waals surface area (Å²) in [5, 5.41) is 2.30. The van der Waals surface area contributed by atoms with Gasteiger partial charge >= 0.3 is 0 Å². The summed E-state index contributed by atoms with van der Waals surface area (Å²) in [6.07, 6.45) is 0. The average molecular weight is 614 g/mol. The first kappa shape index (κ1) is 27.9. The molecule has 0 fully saturated rings. The summed E-state index contributed by atoms with van der Waals surface area (Å²) in [4.78, 5) is 2.34. The number of fused-ring (bicyclic) bond motifs is 2. The van der Waals surface area contributed by atoms with Gasteiger partial charge in [0.2, 0.25) is 0 Å². The Labute approximate surface area is 280 Å². The first-order valence-electron chi connectivity index (χ1n) is 16.3. The lowest BCUT2D eigenvalue weighted by Crippen LogP contribution is -2.11. The fourth-order valence-corrected chi connectivity index (χ4v) is 6.95. The molecule has 0 N–H and O–H groups in total. The molecule has 0 amide bonds. The van der Waals surface area contributed by atoms with Crippen LogP contribution in [0.15, 0.2) is 188 Å². The molecule has 0 spiro atoms. The van der Waals surface area contributed by atoms with Crippen molar-refractivity contribution >= 4 is 27.8 Å². The van der Waals surface area contributed by atoms with Crippen LogP contribution in [0.5, 0.6) is 11.5 Å². The smallest absolute Gasteiger partial charge is 0.138 e. The van der Waals surface area contributed by atoms with Gasteiger partial charge in [-0.15, -0.1) is 0 Å². The van der Waals surface area contributed by atoms with E-state index in [9.17, 15) is 0 Å². The van der Waals surface area contributed by atoms with Crippen LogP contribution in [0.1, 0.15) is 0 Å². The van der Waals surface area contributed by atoms with Crippen LogP contribution in [0.25, 0.3) is 55.3 Å². The molecule has 0 radical (unpaired) electrons. The lowest BCUT2D eigenvalue weighted by atomic mass is 9.89. The van der Waals surface area contributed by atoms with Gasteiger partial charge in [0.1, 0.15) is 11.5 Å². The predicted molar refractivity (Wildman–Crippen MR) is 200 cm³/mol. The molecule has 0 saturated carbocycles. The third-order valence-electron chi connectivity index (χ3n) is 9.27. The highest BCUT2D eigenvalue weighted by Gasteiger charge is 2.24. The second-order valence-corrected chi connectivity index (χ2v) is 12.2. The Hall–Kier alpha value is -6.38. The number of para-hydroxylation sites is 1. The Morgan fingerprint density at radius 1 is 0.312 bits per heavy atom. The second kappa shape index (κ2) is 11.8. The molecular formula is C46H31NO. The van der Waals surface area contributed by atoms with Crippen LogP contribution < -0.4 is 9.64 Å². The summed E-state index contributed by atoms with van der Waals surface area (Å²) in [5.41, 5.74) is 12.6. The van der Waals surface area contributed by atoms with Crippen LogP contribution in [0.2, 0.25) is 0 Å². The van der Waals surface area contributed by atoms with E-state index in [2.05, 4.69) is 187 Å². The highest BCUT2D eigenvalue weighted by molar-refractivity contribution is 6.12. The van der Waals surface area contributed by atoms with Crippen molar-refractivity contribution in [1.82, 2.24) is 0 Å². The molecule has 0 bridgehead atoms. The van der Waals surface area contributed by atoms with Gasteiger partial charge in [0.05, 0.1) is 5.69 Å². The van der Waals surface area contributed by atoms with E-state index in [4.69, 9.17) is 4.74 Å². The van der Waals surface area contributed by atoms with Crippen molar-refractivity contribution in [3.05, 3.63) is 188 Å². The molecule has 2 heteroatoms. The van der Waals surface area contributed by atoms with E-state index in [1.165, 1.54) is 38.9 Å². The summed E-state index contributed by atoms with van der Waals surface area (Å²) in [6, 6.07) is 66.8. The number of anilines is 3. The minimum Gasteiger partial charge on any atom is -0.456 e. The van der Waals surface area contributed by atoms with Gasteiger partial charge in [-0.05, 0) is 80.7 Å². The minimum absolute atomic E-state index is 0.862. The van der Waals surface area contributed by atoms with E-state index in [1.54, 1.807) is 0 Å². The molecule has 1 heterocycles. The molecule has 1 aliphatic heterocycles. The molecule has 0 unspecified atom stereocenters. The predicted octanol–water partition coefficient (Wildman–Crippen LogP) is 13.1. The maximum absolute atomic E-state index is 6.73. The van der Waals surface area contributed by atoms with Crippen molar-refractivity contribution in [2.75, 3.05) is 4.90 Å². The first-order valence-corrected chi connectivity index (χ1v) is 16.3. The van der Waals surface area contributed by atoms with Gasteiger partial charge in [0, 0.05) is 28.4 Å². The monoisotopic (exact) mass is 613 g/mol. The van der Waals surface area contributed by atoms with Crippen LogP contribution >= 0.6 is 0 Å². The van der Waals surface area contributed by atoms with E-state index in [1.807, 2.05) is 6.07 Å². The van der Waals surface area contributed by atoms with Crippen molar-refractivity contribution in [3.8, 4) is 56.0 Å². The first-order chi connectivity index (χ1) is 23.8. The van der Waals surface area contributed by atoms with Gasteiger partial charge in [-0.1, -0.05) is 146 Å². The average Bonchev–Trinajstić information content (AvgIpc) is 3.16.